The number of aromatic carboxylic acids is 1. The molecule has 0 atom stereocenters. The molecule has 6 nitrogen and oxygen atoms in total. The number of aromatic nitrogens is 1. The van der Waals surface area contributed by atoms with Gasteiger partial charge < -0.3 is 14.3 Å². The first-order valence-electron chi connectivity index (χ1n) is 10.2. The number of nitriles is 1. The highest BCUT2D eigenvalue weighted by atomic mass is 19.1. The zero-order valence-corrected chi connectivity index (χ0v) is 17.5. The van der Waals surface area contributed by atoms with Gasteiger partial charge in [0.05, 0.1) is 11.1 Å². The first kappa shape index (κ1) is 20.9. The summed E-state index contributed by atoms with van der Waals surface area (Å²) in [5, 5.41) is 18.8. The van der Waals surface area contributed by atoms with Crippen molar-refractivity contribution in [1.29, 1.82) is 5.26 Å². The third-order valence-corrected chi connectivity index (χ3v) is 5.26. The minimum Gasteiger partial charge on any atom is -0.478 e. The Hall–Kier alpha value is -4.96. The van der Waals surface area contributed by atoms with Gasteiger partial charge in [-0.05, 0) is 48.0 Å². The van der Waals surface area contributed by atoms with Crippen molar-refractivity contribution in [2.75, 3.05) is 0 Å². The van der Waals surface area contributed by atoms with Crippen molar-refractivity contribution in [2.45, 2.75) is 0 Å². The van der Waals surface area contributed by atoms with Crippen LogP contribution in [-0.2, 0) is 0 Å². The third-order valence-electron chi connectivity index (χ3n) is 5.26. The summed E-state index contributed by atoms with van der Waals surface area (Å²) in [6.07, 6.45) is 1.65. The molecule has 0 aliphatic carbocycles. The number of benzene rings is 3. The zero-order chi connectivity index (χ0) is 23.7. The van der Waals surface area contributed by atoms with E-state index in [0.717, 1.165) is 11.1 Å². The minimum atomic E-state index is -1.00. The van der Waals surface area contributed by atoms with Gasteiger partial charge in [0.1, 0.15) is 34.7 Å². The Morgan fingerprint density at radius 2 is 1.79 bits per heavy atom. The topological polar surface area (TPSA) is 96.4 Å². The van der Waals surface area contributed by atoms with Crippen molar-refractivity contribution in [1.82, 2.24) is 4.98 Å². The lowest BCUT2D eigenvalue weighted by molar-refractivity contribution is 0.0697. The number of carbonyl (C=O) groups is 1. The number of furan rings is 1. The number of hydrogen-bond acceptors (Lipinski definition) is 5. The van der Waals surface area contributed by atoms with Crippen LogP contribution in [0.15, 0.2) is 89.5 Å². The highest BCUT2D eigenvalue weighted by molar-refractivity contribution is 5.93. The number of rotatable bonds is 5. The summed E-state index contributed by atoms with van der Waals surface area (Å²) in [7, 11) is 0. The number of ether oxygens (including phenoxy) is 1. The van der Waals surface area contributed by atoms with E-state index in [-0.39, 0.29) is 11.1 Å². The maximum atomic E-state index is 13.5. The summed E-state index contributed by atoms with van der Waals surface area (Å²) in [4.78, 5) is 15.5. The van der Waals surface area contributed by atoms with Crippen LogP contribution < -0.4 is 4.74 Å². The van der Waals surface area contributed by atoms with Gasteiger partial charge in [-0.15, -0.1) is 0 Å². The van der Waals surface area contributed by atoms with Gasteiger partial charge in [-0.1, -0.05) is 24.3 Å². The first-order valence-corrected chi connectivity index (χ1v) is 10.2. The molecule has 0 fully saturated rings. The smallest absolute Gasteiger partial charge is 0.335 e. The minimum absolute atomic E-state index is 0.184. The quantitative estimate of drug-likeness (QED) is 0.321. The second-order valence-corrected chi connectivity index (χ2v) is 7.45. The van der Waals surface area contributed by atoms with Gasteiger partial charge in [-0.3, -0.25) is 4.98 Å². The van der Waals surface area contributed by atoms with Crippen LogP contribution in [0.2, 0.25) is 0 Å². The van der Waals surface area contributed by atoms with Gasteiger partial charge >= 0.3 is 5.97 Å². The molecule has 164 valence electrons. The molecule has 0 spiro atoms. The van der Waals surface area contributed by atoms with E-state index in [1.54, 1.807) is 54.7 Å². The fraction of sp³-hybridized carbons (Fsp3) is 0. The third kappa shape index (κ3) is 3.96. The highest BCUT2D eigenvalue weighted by Gasteiger charge is 2.15. The van der Waals surface area contributed by atoms with Crippen LogP contribution in [0.1, 0.15) is 15.9 Å². The average Bonchev–Trinajstić information content (AvgIpc) is 3.29. The Balaban J connectivity index is 1.52. The van der Waals surface area contributed by atoms with Crippen LogP contribution in [-0.4, -0.2) is 16.1 Å². The van der Waals surface area contributed by atoms with Crippen LogP contribution in [0.25, 0.3) is 33.6 Å². The van der Waals surface area contributed by atoms with Crippen molar-refractivity contribution < 1.29 is 23.4 Å². The molecule has 2 aromatic heterocycles. The number of nitrogens with zero attached hydrogens (tertiary/aromatic N) is 2. The van der Waals surface area contributed by atoms with Crippen LogP contribution in [0.3, 0.4) is 0 Å². The summed E-state index contributed by atoms with van der Waals surface area (Å²) in [5.74, 6) is -0.296. The maximum absolute atomic E-state index is 13.5. The van der Waals surface area contributed by atoms with E-state index < -0.39 is 11.8 Å². The summed E-state index contributed by atoms with van der Waals surface area (Å²) in [6.45, 7) is 0. The molecule has 0 unspecified atom stereocenters. The number of carboxylic acid groups (broad SMARTS) is 1. The molecule has 0 saturated carbocycles. The summed E-state index contributed by atoms with van der Waals surface area (Å²) < 4.78 is 25.3. The number of carboxylic acids is 1. The van der Waals surface area contributed by atoms with Crippen molar-refractivity contribution in [3.05, 3.63) is 102 Å². The second kappa shape index (κ2) is 8.52. The predicted molar refractivity (Wildman–Crippen MR) is 123 cm³/mol. The molecule has 0 aliphatic rings. The van der Waals surface area contributed by atoms with Crippen molar-refractivity contribution in [2.24, 2.45) is 0 Å². The Labute approximate surface area is 193 Å². The maximum Gasteiger partial charge on any atom is 0.335 e. The van der Waals surface area contributed by atoms with E-state index >= 15 is 0 Å². The van der Waals surface area contributed by atoms with Gasteiger partial charge in [0, 0.05) is 29.5 Å². The molecule has 3 aromatic carbocycles. The van der Waals surface area contributed by atoms with Gasteiger partial charge in [-0.2, -0.15) is 5.26 Å². The van der Waals surface area contributed by atoms with E-state index in [1.165, 1.54) is 30.3 Å². The molecule has 34 heavy (non-hydrogen) atoms. The SMILES string of the molecule is N#Cc1cc(-c2ccnc3cc(-c4ccc(C(=O)O)cc4)oc23)ccc1Oc1cccc(F)c1. The standard InChI is InChI=1S/C27H15FN2O4/c28-20-2-1-3-21(13-20)33-24-9-8-18(12-19(24)15-29)22-10-11-30-23-14-25(34-26(22)23)16-4-6-17(7-5-16)27(31)32/h1-14H,(H,31,32). The van der Waals surface area contributed by atoms with Gasteiger partial charge in [0.15, 0.2) is 5.58 Å². The number of halogens is 1. The summed E-state index contributed by atoms with van der Waals surface area (Å²) in [6, 6.07) is 22.9. The van der Waals surface area contributed by atoms with E-state index in [9.17, 15) is 14.4 Å². The van der Waals surface area contributed by atoms with Gasteiger partial charge in [0.2, 0.25) is 0 Å². The molecule has 1 N–H and O–H groups in total. The molecule has 2 heterocycles. The predicted octanol–water partition coefficient (Wildman–Crippen LogP) is 6.66. The Bertz CT molecular complexity index is 1580. The lowest BCUT2D eigenvalue weighted by atomic mass is 10.0. The Kier molecular flexibility index (Phi) is 5.24. The van der Waals surface area contributed by atoms with E-state index in [4.69, 9.17) is 14.3 Å². The van der Waals surface area contributed by atoms with Crippen LogP contribution in [0, 0.1) is 17.1 Å². The Morgan fingerprint density at radius 1 is 1.00 bits per heavy atom. The lowest BCUT2D eigenvalue weighted by Crippen LogP contribution is -1.94. The van der Waals surface area contributed by atoms with Gasteiger partial charge in [0.25, 0.3) is 0 Å². The zero-order valence-electron chi connectivity index (χ0n) is 17.5. The highest BCUT2D eigenvalue weighted by Crippen LogP contribution is 2.36. The molecule has 0 aliphatic heterocycles. The number of pyridine rings is 1. The lowest BCUT2D eigenvalue weighted by Gasteiger charge is -2.09. The molecule has 0 saturated heterocycles. The summed E-state index contributed by atoms with van der Waals surface area (Å²) in [5.41, 5.74) is 3.78. The number of hydrogen-bond donors (Lipinski definition) is 1. The Morgan fingerprint density at radius 3 is 2.53 bits per heavy atom. The first-order chi connectivity index (χ1) is 16.5. The van der Waals surface area contributed by atoms with E-state index in [2.05, 4.69) is 11.1 Å². The molecule has 5 aromatic rings. The molecular weight excluding hydrogens is 435 g/mol. The fourth-order valence-corrected chi connectivity index (χ4v) is 3.62. The molecule has 7 heteroatoms. The molecule has 5 rings (SSSR count). The average molecular weight is 450 g/mol. The molecule has 0 radical (unpaired) electrons. The molecule has 0 amide bonds. The van der Waals surface area contributed by atoms with E-state index in [0.29, 0.717) is 33.9 Å². The van der Waals surface area contributed by atoms with Crippen LogP contribution in [0.5, 0.6) is 11.5 Å². The molecular formula is C27H15FN2O4. The normalized spacial score (nSPS) is 10.7. The van der Waals surface area contributed by atoms with Crippen molar-refractivity contribution >= 4 is 17.1 Å². The van der Waals surface area contributed by atoms with E-state index in [1.807, 2.05) is 0 Å². The molecule has 0 bridgehead atoms. The van der Waals surface area contributed by atoms with Crippen LogP contribution in [0.4, 0.5) is 4.39 Å². The largest absolute Gasteiger partial charge is 0.478 e. The van der Waals surface area contributed by atoms with Crippen LogP contribution >= 0.6 is 0 Å². The summed E-state index contributed by atoms with van der Waals surface area (Å²) >= 11 is 0. The fourth-order valence-electron chi connectivity index (χ4n) is 3.62. The number of fused-ring (bicyclic) bond motifs is 1. The monoisotopic (exact) mass is 450 g/mol. The van der Waals surface area contributed by atoms with Gasteiger partial charge in [-0.25, -0.2) is 9.18 Å². The van der Waals surface area contributed by atoms with Crippen molar-refractivity contribution in [3.63, 3.8) is 0 Å². The second-order valence-electron chi connectivity index (χ2n) is 7.45. The van der Waals surface area contributed by atoms with Crippen molar-refractivity contribution in [3.8, 4) is 40.0 Å².